The molecule has 1 aliphatic rings. The van der Waals surface area contributed by atoms with Crippen LogP contribution < -0.4 is 4.90 Å². The summed E-state index contributed by atoms with van der Waals surface area (Å²) in [6.07, 6.45) is 3.68. The standard InChI is InChI=1S/C17H14N2O3S2/c1-10-5-6-12(8-13(10)16(21)22)19-15(20)14(24-17(19)23)9-11-4-3-7-18(11)2/h3-9H,1-2H3,(H,21,22)/b14-9+. The van der Waals surface area contributed by atoms with E-state index in [1.807, 2.05) is 29.9 Å². The van der Waals surface area contributed by atoms with E-state index >= 15 is 0 Å². The van der Waals surface area contributed by atoms with E-state index in [1.54, 1.807) is 25.1 Å². The Hall–Kier alpha value is -2.38. The first-order valence-electron chi connectivity index (χ1n) is 7.11. The highest BCUT2D eigenvalue weighted by atomic mass is 32.2. The Morgan fingerprint density at radius 3 is 2.71 bits per heavy atom. The highest BCUT2D eigenvalue weighted by Crippen LogP contribution is 2.36. The minimum Gasteiger partial charge on any atom is -0.478 e. The van der Waals surface area contributed by atoms with Gasteiger partial charge >= 0.3 is 5.97 Å². The first-order chi connectivity index (χ1) is 11.4. The van der Waals surface area contributed by atoms with E-state index in [-0.39, 0.29) is 11.5 Å². The number of aromatic nitrogens is 1. The number of benzene rings is 1. The SMILES string of the molecule is Cc1ccc(N2C(=O)/C(=C\c3cccn3C)SC2=S)cc1C(=O)O. The minimum absolute atomic E-state index is 0.160. The van der Waals surface area contributed by atoms with Crippen LogP contribution in [0.15, 0.2) is 41.4 Å². The highest BCUT2D eigenvalue weighted by molar-refractivity contribution is 8.27. The normalized spacial score (nSPS) is 16.2. The lowest BCUT2D eigenvalue weighted by atomic mass is 10.1. The Bertz CT molecular complexity index is 899. The van der Waals surface area contributed by atoms with E-state index in [0.29, 0.717) is 20.5 Å². The fraction of sp³-hybridized carbons (Fsp3) is 0.118. The van der Waals surface area contributed by atoms with Crippen molar-refractivity contribution in [2.75, 3.05) is 4.90 Å². The second kappa shape index (κ2) is 6.26. The summed E-state index contributed by atoms with van der Waals surface area (Å²) in [7, 11) is 1.89. The first-order valence-corrected chi connectivity index (χ1v) is 8.34. The van der Waals surface area contributed by atoms with Crippen molar-refractivity contribution in [1.82, 2.24) is 4.57 Å². The van der Waals surface area contributed by atoms with Gasteiger partial charge in [-0.25, -0.2) is 4.79 Å². The van der Waals surface area contributed by atoms with Crippen molar-refractivity contribution >= 4 is 51.9 Å². The maximum absolute atomic E-state index is 12.7. The Morgan fingerprint density at radius 2 is 2.08 bits per heavy atom. The number of hydrogen-bond acceptors (Lipinski definition) is 4. The lowest BCUT2D eigenvalue weighted by Crippen LogP contribution is -2.27. The Labute approximate surface area is 148 Å². The molecule has 1 N–H and O–H groups in total. The fourth-order valence-corrected chi connectivity index (χ4v) is 3.71. The molecule has 0 bridgehead atoms. The number of carboxylic acids is 1. The van der Waals surface area contributed by atoms with Gasteiger partial charge in [-0.05, 0) is 42.8 Å². The van der Waals surface area contributed by atoms with Crippen molar-refractivity contribution in [3.8, 4) is 0 Å². The van der Waals surface area contributed by atoms with E-state index in [0.717, 1.165) is 5.69 Å². The zero-order valence-corrected chi connectivity index (χ0v) is 14.6. The van der Waals surface area contributed by atoms with Gasteiger partial charge in [-0.15, -0.1) is 0 Å². The van der Waals surface area contributed by atoms with E-state index in [4.69, 9.17) is 12.2 Å². The molecular weight excluding hydrogens is 344 g/mol. The van der Waals surface area contributed by atoms with Crippen LogP contribution in [0.1, 0.15) is 21.6 Å². The zero-order valence-electron chi connectivity index (χ0n) is 13.0. The van der Waals surface area contributed by atoms with Crippen LogP contribution in [-0.2, 0) is 11.8 Å². The van der Waals surface area contributed by atoms with Crippen molar-refractivity contribution in [1.29, 1.82) is 0 Å². The molecule has 2 aromatic rings. The van der Waals surface area contributed by atoms with Crippen LogP contribution in [0.4, 0.5) is 5.69 Å². The molecular formula is C17H14N2O3S2. The van der Waals surface area contributed by atoms with Crippen molar-refractivity contribution < 1.29 is 14.7 Å². The Balaban J connectivity index is 1.99. The summed E-state index contributed by atoms with van der Waals surface area (Å²) in [4.78, 5) is 25.9. The van der Waals surface area contributed by atoms with E-state index in [9.17, 15) is 14.7 Å². The summed E-state index contributed by atoms with van der Waals surface area (Å²) in [6, 6.07) is 8.66. The van der Waals surface area contributed by atoms with Gasteiger partial charge < -0.3 is 9.67 Å². The topological polar surface area (TPSA) is 62.5 Å². The van der Waals surface area contributed by atoms with Crippen LogP contribution in [0.3, 0.4) is 0 Å². The molecule has 1 aliphatic heterocycles. The molecule has 122 valence electrons. The smallest absolute Gasteiger partial charge is 0.336 e. The summed E-state index contributed by atoms with van der Waals surface area (Å²) in [5.41, 5.74) is 2.16. The van der Waals surface area contributed by atoms with Crippen LogP contribution in [0, 0.1) is 6.92 Å². The molecule has 2 heterocycles. The number of anilines is 1. The van der Waals surface area contributed by atoms with Gasteiger partial charge in [-0.3, -0.25) is 9.69 Å². The average Bonchev–Trinajstić information content (AvgIpc) is 3.04. The number of rotatable bonds is 3. The predicted octanol–water partition coefficient (Wildman–Crippen LogP) is 3.44. The molecule has 7 heteroatoms. The predicted molar refractivity (Wildman–Crippen MR) is 99.2 cm³/mol. The molecule has 0 unspecified atom stereocenters. The largest absolute Gasteiger partial charge is 0.478 e. The van der Waals surface area contributed by atoms with Crippen LogP contribution in [0.2, 0.25) is 0 Å². The molecule has 3 rings (SSSR count). The molecule has 0 radical (unpaired) electrons. The number of aryl methyl sites for hydroxylation is 2. The molecule has 1 amide bonds. The van der Waals surface area contributed by atoms with Crippen LogP contribution in [0.5, 0.6) is 0 Å². The lowest BCUT2D eigenvalue weighted by Gasteiger charge is -2.15. The number of aromatic carboxylic acids is 1. The van der Waals surface area contributed by atoms with Gasteiger partial charge in [0.25, 0.3) is 5.91 Å². The maximum Gasteiger partial charge on any atom is 0.336 e. The number of nitrogens with zero attached hydrogens (tertiary/aromatic N) is 2. The van der Waals surface area contributed by atoms with Gasteiger partial charge in [0, 0.05) is 18.9 Å². The van der Waals surface area contributed by atoms with E-state index in [2.05, 4.69) is 0 Å². The first kappa shape index (κ1) is 16.5. The number of amides is 1. The molecule has 0 spiro atoms. The second-order valence-electron chi connectivity index (χ2n) is 5.37. The second-order valence-corrected chi connectivity index (χ2v) is 7.04. The van der Waals surface area contributed by atoms with Crippen molar-refractivity contribution in [2.45, 2.75) is 6.92 Å². The Kier molecular flexibility index (Phi) is 4.29. The summed E-state index contributed by atoms with van der Waals surface area (Å²) in [5.74, 6) is -1.27. The molecule has 1 fully saturated rings. The third-order valence-corrected chi connectivity index (χ3v) is 5.07. The number of thioether (sulfide) groups is 1. The lowest BCUT2D eigenvalue weighted by molar-refractivity contribution is -0.113. The van der Waals surface area contributed by atoms with Gasteiger partial charge in [0.1, 0.15) is 0 Å². The van der Waals surface area contributed by atoms with Gasteiger partial charge in [-0.1, -0.05) is 30.0 Å². The zero-order chi connectivity index (χ0) is 17.4. The Morgan fingerprint density at radius 1 is 1.33 bits per heavy atom. The van der Waals surface area contributed by atoms with E-state index < -0.39 is 5.97 Å². The average molecular weight is 358 g/mol. The number of carbonyl (C=O) groups is 2. The van der Waals surface area contributed by atoms with Crippen molar-refractivity contribution in [3.63, 3.8) is 0 Å². The van der Waals surface area contributed by atoms with Gasteiger partial charge in [0.2, 0.25) is 0 Å². The molecule has 5 nitrogen and oxygen atoms in total. The third kappa shape index (κ3) is 2.88. The maximum atomic E-state index is 12.7. The van der Waals surface area contributed by atoms with Crippen LogP contribution >= 0.6 is 24.0 Å². The molecule has 0 atom stereocenters. The van der Waals surface area contributed by atoms with E-state index in [1.165, 1.54) is 22.7 Å². The van der Waals surface area contributed by atoms with Gasteiger partial charge in [0.05, 0.1) is 16.2 Å². The highest BCUT2D eigenvalue weighted by Gasteiger charge is 2.33. The van der Waals surface area contributed by atoms with Crippen molar-refractivity contribution in [3.05, 3.63) is 58.3 Å². The number of carboxylic acid groups (broad SMARTS) is 1. The van der Waals surface area contributed by atoms with Gasteiger partial charge in [0.15, 0.2) is 4.32 Å². The minimum atomic E-state index is -1.03. The molecule has 0 aliphatic carbocycles. The van der Waals surface area contributed by atoms with Gasteiger partial charge in [-0.2, -0.15) is 0 Å². The summed E-state index contributed by atoms with van der Waals surface area (Å²) in [6.45, 7) is 1.72. The third-order valence-electron chi connectivity index (χ3n) is 3.77. The summed E-state index contributed by atoms with van der Waals surface area (Å²) >= 11 is 6.53. The van der Waals surface area contributed by atoms with Crippen LogP contribution in [0.25, 0.3) is 6.08 Å². The molecule has 0 saturated carbocycles. The number of carbonyl (C=O) groups excluding carboxylic acids is 1. The molecule has 1 aromatic carbocycles. The monoisotopic (exact) mass is 358 g/mol. The van der Waals surface area contributed by atoms with Crippen molar-refractivity contribution in [2.24, 2.45) is 7.05 Å². The molecule has 1 saturated heterocycles. The molecule has 1 aromatic heterocycles. The fourth-order valence-electron chi connectivity index (χ4n) is 2.43. The summed E-state index contributed by atoms with van der Waals surface area (Å²) in [5, 5.41) is 9.26. The number of thiocarbonyl (C=S) groups is 1. The quantitative estimate of drug-likeness (QED) is 0.673. The summed E-state index contributed by atoms with van der Waals surface area (Å²) < 4.78 is 2.29. The number of hydrogen-bond donors (Lipinski definition) is 1. The molecule has 24 heavy (non-hydrogen) atoms. The van der Waals surface area contributed by atoms with Crippen LogP contribution in [-0.4, -0.2) is 25.9 Å².